The Kier molecular flexibility index (Phi) is 7.02. The summed E-state index contributed by atoms with van der Waals surface area (Å²) in [6.45, 7) is 0.853. The molecule has 0 radical (unpaired) electrons. The first-order valence-corrected chi connectivity index (χ1v) is 13.5. The Morgan fingerprint density at radius 1 is 1.26 bits per heavy atom. The lowest BCUT2D eigenvalue weighted by Gasteiger charge is -2.21. The highest BCUT2D eigenvalue weighted by Crippen LogP contribution is 2.40. The number of aliphatic hydroxyl groups is 1. The molecule has 2 atom stereocenters. The van der Waals surface area contributed by atoms with Crippen LogP contribution in [0, 0.1) is 0 Å². The van der Waals surface area contributed by atoms with Crippen LogP contribution in [0.1, 0.15) is 30.9 Å². The summed E-state index contributed by atoms with van der Waals surface area (Å²) in [5.74, 6) is 1.89. The van der Waals surface area contributed by atoms with Crippen LogP contribution in [0.2, 0.25) is 0 Å². The van der Waals surface area contributed by atoms with Gasteiger partial charge in [0.1, 0.15) is 5.52 Å². The number of rotatable bonds is 10. The molecule has 2 fully saturated rings. The molecule has 1 saturated carbocycles. The van der Waals surface area contributed by atoms with Crippen molar-refractivity contribution < 1.29 is 14.6 Å². The lowest BCUT2D eigenvalue weighted by atomic mass is 10.2. The number of aromatic nitrogens is 5. The number of amides is 1. The number of aliphatic hydroxyl groups excluding tert-OH is 1. The number of carbonyl (C=O) groups excluding carboxylic acids is 1. The predicted molar refractivity (Wildman–Crippen MR) is 144 cm³/mol. The van der Waals surface area contributed by atoms with E-state index in [0.29, 0.717) is 29.1 Å². The number of benzene rings is 1. The fourth-order valence-corrected chi connectivity index (χ4v) is 5.51. The Morgan fingerprint density at radius 3 is 2.87 bits per heavy atom. The van der Waals surface area contributed by atoms with Gasteiger partial charge in [0.25, 0.3) is 0 Å². The molecular formula is C26H30N8O3S. The van der Waals surface area contributed by atoms with Gasteiger partial charge in [-0.3, -0.25) is 14.8 Å². The molecule has 12 heteroatoms. The smallest absolute Gasteiger partial charge is 0.238 e. The van der Waals surface area contributed by atoms with Crippen LogP contribution in [0.25, 0.3) is 5.52 Å². The van der Waals surface area contributed by atoms with Gasteiger partial charge in [0, 0.05) is 54.2 Å². The Bertz CT molecular complexity index is 1420. The molecule has 6 rings (SSSR count). The lowest BCUT2D eigenvalue weighted by Crippen LogP contribution is -2.38. The van der Waals surface area contributed by atoms with Gasteiger partial charge in [-0.05, 0) is 67.4 Å². The van der Waals surface area contributed by atoms with Gasteiger partial charge in [0.2, 0.25) is 11.1 Å². The van der Waals surface area contributed by atoms with Crippen LogP contribution < -0.4 is 10.6 Å². The van der Waals surface area contributed by atoms with Crippen molar-refractivity contribution in [3.05, 3.63) is 54.4 Å². The van der Waals surface area contributed by atoms with Crippen molar-refractivity contribution in [2.75, 3.05) is 37.4 Å². The van der Waals surface area contributed by atoms with Gasteiger partial charge in [0.05, 0.1) is 19.3 Å². The summed E-state index contributed by atoms with van der Waals surface area (Å²) in [6.07, 6.45) is 5.07. The zero-order chi connectivity index (χ0) is 26.1. The zero-order valence-electron chi connectivity index (χ0n) is 21.0. The van der Waals surface area contributed by atoms with Crippen LogP contribution in [0.5, 0.6) is 0 Å². The van der Waals surface area contributed by atoms with E-state index in [1.807, 2.05) is 53.6 Å². The average Bonchev–Trinajstić information content (AvgIpc) is 3.29. The normalized spacial score (nSPS) is 19.7. The summed E-state index contributed by atoms with van der Waals surface area (Å²) >= 11 is 1.44. The topological polar surface area (TPSA) is 133 Å². The van der Waals surface area contributed by atoms with Crippen LogP contribution in [0.4, 0.5) is 17.3 Å². The van der Waals surface area contributed by atoms with Gasteiger partial charge < -0.3 is 20.5 Å². The van der Waals surface area contributed by atoms with E-state index in [2.05, 4.69) is 25.9 Å². The molecule has 1 aliphatic carbocycles. The molecule has 1 aromatic carbocycles. The molecular weight excluding hydrogens is 504 g/mol. The number of nitrogens with zero attached hydrogens (tertiary/aromatic N) is 5. The number of H-pyrrole nitrogens is 1. The lowest BCUT2D eigenvalue weighted by molar-refractivity contribution is -0.117. The van der Waals surface area contributed by atoms with Crippen molar-refractivity contribution in [2.45, 2.75) is 47.4 Å². The number of aromatic amines is 1. The van der Waals surface area contributed by atoms with E-state index in [-0.39, 0.29) is 31.2 Å². The number of likely N-dealkylation sites (tertiary alicyclic amines) is 1. The zero-order valence-corrected chi connectivity index (χ0v) is 21.8. The Labute approximate surface area is 224 Å². The molecule has 4 heterocycles. The molecule has 2 aliphatic rings. The van der Waals surface area contributed by atoms with Gasteiger partial charge in [-0.15, -0.1) is 5.10 Å². The van der Waals surface area contributed by atoms with E-state index >= 15 is 0 Å². The van der Waals surface area contributed by atoms with Crippen LogP contribution in [-0.2, 0) is 9.53 Å². The number of ether oxygens (including phenoxy) is 1. The monoisotopic (exact) mass is 534 g/mol. The van der Waals surface area contributed by atoms with Crippen molar-refractivity contribution in [3.8, 4) is 0 Å². The van der Waals surface area contributed by atoms with Gasteiger partial charge in [-0.2, -0.15) is 5.10 Å². The number of carbonyl (C=O) groups is 1. The van der Waals surface area contributed by atoms with E-state index in [1.54, 1.807) is 11.6 Å². The van der Waals surface area contributed by atoms with Crippen molar-refractivity contribution >= 4 is 40.5 Å². The minimum Gasteiger partial charge on any atom is -0.395 e. The molecule has 0 bridgehead atoms. The fourth-order valence-electron chi connectivity index (χ4n) is 4.76. The summed E-state index contributed by atoms with van der Waals surface area (Å²) in [4.78, 5) is 20.3. The summed E-state index contributed by atoms with van der Waals surface area (Å²) in [5, 5.41) is 28.6. The van der Waals surface area contributed by atoms with Crippen molar-refractivity contribution in [2.24, 2.45) is 0 Å². The molecule has 198 valence electrons. The molecule has 0 spiro atoms. The maximum Gasteiger partial charge on any atom is 0.238 e. The van der Waals surface area contributed by atoms with E-state index in [9.17, 15) is 9.90 Å². The highest BCUT2D eigenvalue weighted by atomic mass is 32.2. The minimum absolute atomic E-state index is 0.0103. The van der Waals surface area contributed by atoms with Gasteiger partial charge >= 0.3 is 0 Å². The molecule has 1 amide bonds. The first-order valence-electron chi connectivity index (χ1n) is 12.7. The largest absolute Gasteiger partial charge is 0.395 e. The SMILES string of the molecule is COC1CC(CO)N(CC(=O)Nc2ccc(Sc3nc(Nc4cc(C5CC5)[nH]n4)c4cccn4n3)cc2)C1. The number of fused-ring (bicyclic) bond motifs is 1. The second-order valence-corrected chi connectivity index (χ2v) is 10.8. The number of hydrogen-bond acceptors (Lipinski definition) is 9. The highest BCUT2D eigenvalue weighted by molar-refractivity contribution is 7.99. The second-order valence-electron chi connectivity index (χ2n) is 9.72. The highest BCUT2D eigenvalue weighted by Gasteiger charge is 2.32. The summed E-state index contributed by atoms with van der Waals surface area (Å²) in [6, 6.07) is 13.5. The molecule has 1 aliphatic heterocycles. The third kappa shape index (κ3) is 5.53. The second kappa shape index (κ2) is 10.7. The molecule has 2 unspecified atom stereocenters. The van der Waals surface area contributed by atoms with Gasteiger partial charge in [-0.25, -0.2) is 9.50 Å². The van der Waals surface area contributed by atoms with E-state index in [0.717, 1.165) is 28.3 Å². The van der Waals surface area contributed by atoms with Crippen molar-refractivity contribution in [1.82, 2.24) is 29.7 Å². The van der Waals surface area contributed by atoms with E-state index in [4.69, 9.17) is 9.72 Å². The quantitative estimate of drug-likeness (QED) is 0.242. The molecule has 4 N–H and O–H groups in total. The third-order valence-corrected chi connectivity index (χ3v) is 7.82. The van der Waals surface area contributed by atoms with Crippen molar-refractivity contribution in [1.29, 1.82) is 0 Å². The van der Waals surface area contributed by atoms with Gasteiger partial charge in [-0.1, -0.05) is 0 Å². The molecule has 38 heavy (non-hydrogen) atoms. The Balaban J connectivity index is 1.10. The molecule has 11 nitrogen and oxygen atoms in total. The molecule has 3 aromatic heterocycles. The van der Waals surface area contributed by atoms with E-state index < -0.39 is 0 Å². The molecule has 4 aromatic rings. The Hall–Kier alpha value is -3.45. The number of hydrogen-bond donors (Lipinski definition) is 4. The number of nitrogens with one attached hydrogen (secondary N) is 3. The summed E-state index contributed by atoms with van der Waals surface area (Å²) in [5.41, 5.74) is 2.72. The first-order chi connectivity index (χ1) is 18.6. The maximum atomic E-state index is 12.6. The fraction of sp³-hybridized carbons (Fsp3) is 0.385. The average molecular weight is 535 g/mol. The Morgan fingerprint density at radius 2 is 2.11 bits per heavy atom. The summed E-state index contributed by atoms with van der Waals surface area (Å²) in [7, 11) is 1.66. The van der Waals surface area contributed by atoms with Crippen molar-refractivity contribution in [3.63, 3.8) is 0 Å². The standard InChI is InChI=1S/C26H30N8O3S/c1-37-19-11-18(15-35)33(13-19)14-24(36)27-17-6-8-20(9-7-17)38-26-29-25(22-3-2-10-34(22)32-26)28-23-12-21(30-31-23)16-4-5-16/h2-3,6-10,12,16,18-19,35H,4-5,11,13-15H2,1H3,(H,27,36)(H2,28,29,30,31,32). The van der Waals surface area contributed by atoms with Gasteiger partial charge in [0.15, 0.2) is 11.6 Å². The van der Waals surface area contributed by atoms with Crippen LogP contribution in [-0.4, -0.2) is 79.7 Å². The predicted octanol–water partition coefficient (Wildman–Crippen LogP) is 3.24. The summed E-state index contributed by atoms with van der Waals surface area (Å²) < 4.78 is 7.19. The number of anilines is 3. The third-order valence-electron chi connectivity index (χ3n) is 6.96. The van der Waals surface area contributed by atoms with E-state index in [1.165, 1.54) is 24.6 Å². The maximum absolute atomic E-state index is 12.6. The van der Waals surface area contributed by atoms with Crippen LogP contribution >= 0.6 is 11.8 Å². The molecule has 1 saturated heterocycles. The minimum atomic E-state index is -0.124. The van der Waals surface area contributed by atoms with Crippen LogP contribution in [0.15, 0.2) is 58.7 Å². The number of methoxy groups -OCH3 is 1. The first kappa shape index (κ1) is 24.9. The van der Waals surface area contributed by atoms with Crippen LogP contribution in [0.3, 0.4) is 0 Å².